The highest BCUT2D eigenvalue weighted by Crippen LogP contribution is 2.34. The Morgan fingerprint density at radius 1 is 1.18 bits per heavy atom. The highest BCUT2D eigenvalue weighted by molar-refractivity contribution is 5.69. The van der Waals surface area contributed by atoms with E-state index in [0.29, 0.717) is 25.2 Å². The summed E-state index contributed by atoms with van der Waals surface area (Å²) < 4.78 is 0. The first-order chi connectivity index (χ1) is 13.3. The van der Waals surface area contributed by atoms with Gasteiger partial charge in [0.2, 0.25) is 0 Å². The molecule has 6 heteroatoms. The van der Waals surface area contributed by atoms with Gasteiger partial charge in [0, 0.05) is 25.2 Å². The van der Waals surface area contributed by atoms with Gasteiger partial charge in [0.1, 0.15) is 5.75 Å². The molecule has 146 valence electrons. The Morgan fingerprint density at radius 3 is 2.46 bits per heavy atom. The van der Waals surface area contributed by atoms with Crippen molar-refractivity contribution in [3.8, 4) is 11.8 Å². The van der Waals surface area contributed by atoms with E-state index in [1.54, 1.807) is 24.3 Å². The van der Waals surface area contributed by atoms with Crippen molar-refractivity contribution < 1.29 is 15.0 Å². The highest BCUT2D eigenvalue weighted by Gasteiger charge is 2.38. The third-order valence-corrected chi connectivity index (χ3v) is 5.34. The fourth-order valence-corrected chi connectivity index (χ4v) is 3.95. The molecule has 6 nitrogen and oxygen atoms in total. The van der Waals surface area contributed by atoms with Gasteiger partial charge in [0.25, 0.3) is 0 Å². The summed E-state index contributed by atoms with van der Waals surface area (Å²) >= 11 is 0. The van der Waals surface area contributed by atoms with Gasteiger partial charge in [-0.2, -0.15) is 5.26 Å². The Labute approximate surface area is 165 Å². The molecule has 0 radical (unpaired) electrons. The number of aliphatic carboxylic acids is 1. The molecule has 1 aliphatic rings. The second-order valence-corrected chi connectivity index (χ2v) is 7.83. The van der Waals surface area contributed by atoms with E-state index in [4.69, 9.17) is 5.26 Å². The van der Waals surface area contributed by atoms with Crippen LogP contribution in [0.2, 0.25) is 0 Å². The molecule has 0 spiro atoms. The maximum Gasteiger partial charge on any atom is 0.317 e. The molecule has 1 saturated heterocycles. The Hall–Kier alpha value is -2.88. The molecule has 1 aliphatic heterocycles. The minimum atomic E-state index is -0.821. The van der Waals surface area contributed by atoms with Gasteiger partial charge >= 0.3 is 5.97 Å². The zero-order valence-electron chi connectivity index (χ0n) is 16.2. The number of carbonyl (C=O) groups is 1. The maximum absolute atomic E-state index is 11.2. The van der Waals surface area contributed by atoms with E-state index in [1.165, 1.54) is 0 Å². The molecule has 2 aromatic rings. The number of nitrogens with zero attached hydrogens (tertiary/aromatic N) is 3. The van der Waals surface area contributed by atoms with Gasteiger partial charge in [-0.05, 0) is 49.2 Å². The Balaban J connectivity index is 1.95. The van der Waals surface area contributed by atoms with Crippen molar-refractivity contribution in [3.63, 3.8) is 0 Å². The largest absolute Gasteiger partial charge is 0.508 e. The Morgan fingerprint density at radius 2 is 1.89 bits per heavy atom. The van der Waals surface area contributed by atoms with Crippen LogP contribution in [0.1, 0.15) is 36.6 Å². The molecular formula is C22H25N3O3. The van der Waals surface area contributed by atoms with Crippen molar-refractivity contribution in [2.75, 3.05) is 26.2 Å². The number of piperazine rings is 1. The van der Waals surface area contributed by atoms with Gasteiger partial charge in [-0.1, -0.05) is 24.3 Å². The van der Waals surface area contributed by atoms with Crippen LogP contribution >= 0.6 is 0 Å². The lowest BCUT2D eigenvalue weighted by Gasteiger charge is -2.49. The van der Waals surface area contributed by atoms with Gasteiger partial charge < -0.3 is 10.2 Å². The molecule has 28 heavy (non-hydrogen) atoms. The van der Waals surface area contributed by atoms with Gasteiger partial charge in [-0.25, -0.2) is 0 Å². The lowest BCUT2D eigenvalue weighted by Crippen LogP contribution is -2.60. The van der Waals surface area contributed by atoms with Crippen molar-refractivity contribution in [2.24, 2.45) is 0 Å². The predicted molar refractivity (Wildman–Crippen MR) is 106 cm³/mol. The topological polar surface area (TPSA) is 87.8 Å². The van der Waals surface area contributed by atoms with E-state index in [0.717, 1.165) is 11.1 Å². The first-order valence-corrected chi connectivity index (χ1v) is 9.30. The Bertz CT molecular complexity index is 887. The average molecular weight is 379 g/mol. The highest BCUT2D eigenvalue weighted by atomic mass is 16.4. The molecule has 0 aliphatic carbocycles. The number of hydrogen-bond acceptors (Lipinski definition) is 5. The van der Waals surface area contributed by atoms with E-state index in [1.807, 2.05) is 29.2 Å². The molecule has 2 N–H and O–H groups in total. The number of carboxylic acids is 1. The second-order valence-electron chi connectivity index (χ2n) is 7.83. The van der Waals surface area contributed by atoms with Gasteiger partial charge in [-0.15, -0.1) is 0 Å². The summed E-state index contributed by atoms with van der Waals surface area (Å²) in [7, 11) is 0. The summed E-state index contributed by atoms with van der Waals surface area (Å²) in [6, 6.07) is 16.8. The summed E-state index contributed by atoms with van der Waals surface area (Å²) in [5, 5.41) is 28.3. The molecule has 1 heterocycles. The van der Waals surface area contributed by atoms with Crippen LogP contribution in [-0.4, -0.2) is 57.7 Å². The van der Waals surface area contributed by atoms with Crippen molar-refractivity contribution in [1.82, 2.24) is 9.80 Å². The number of phenols is 1. The average Bonchev–Trinajstić information content (AvgIpc) is 2.64. The van der Waals surface area contributed by atoms with Crippen LogP contribution in [0.4, 0.5) is 0 Å². The fourth-order valence-electron chi connectivity index (χ4n) is 3.95. The molecule has 2 aromatic carbocycles. The zero-order valence-corrected chi connectivity index (χ0v) is 16.2. The van der Waals surface area contributed by atoms with E-state index < -0.39 is 5.97 Å². The summed E-state index contributed by atoms with van der Waals surface area (Å²) in [5.41, 5.74) is 2.29. The Kier molecular flexibility index (Phi) is 5.68. The first kappa shape index (κ1) is 19.9. The molecule has 0 amide bonds. The van der Waals surface area contributed by atoms with Crippen molar-refractivity contribution >= 4 is 5.97 Å². The second kappa shape index (κ2) is 8.01. The molecule has 3 rings (SSSR count). The van der Waals surface area contributed by atoms with Gasteiger partial charge in [-0.3, -0.25) is 14.6 Å². The van der Waals surface area contributed by atoms with Gasteiger partial charge in [0.15, 0.2) is 0 Å². The predicted octanol–water partition coefficient (Wildman–Crippen LogP) is 2.83. The molecule has 1 atom stereocenters. The molecule has 0 saturated carbocycles. The molecular weight excluding hydrogens is 354 g/mol. The maximum atomic E-state index is 11.2. The number of carboxylic acid groups (broad SMARTS) is 1. The van der Waals surface area contributed by atoms with Crippen LogP contribution < -0.4 is 0 Å². The molecule has 1 fully saturated rings. The fraction of sp³-hybridized carbons (Fsp3) is 0.364. The van der Waals surface area contributed by atoms with E-state index >= 15 is 0 Å². The summed E-state index contributed by atoms with van der Waals surface area (Å²) in [6.07, 6.45) is 0. The molecule has 0 unspecified atom stereocenters. The van der Waals surface area contributed by atoms with Crippen LogP contribution in [0, 0.1) is 11.3 Å². The third-order valence-electron chi connectivity index (χ3n) is 5.34. The number of rotatable bonds is 5. The van der Waals surface area contributed by atoms with E-state index in [-0.39, 0.29) is 23.9 Å². The SMILES string of the molecule is CC1(C)CN([C@H](c2ccc(C#N)cc2)c2cccc(O)c2)CCN1CC(=O)O. The third kappa shape index (κ3) is 4.33. The van der Waals surface area contributed by atoms with Crippen LogP contribution in [0.25, 0.3) is 0 Å². The minimum Gasteiger partial charge on any atom is -0.508 e. The van der Waals surface area contributed by atoms with Crippen molar-refractivity contribution in [2.45, 2.75) is 25.4 Å². The number of hydrogen-bond donors (Lipinski definition) is 2. The standard InChI is InChI=1S/C22H25N3O3/c1-22(2)15-24(10-11-25(22)14-20(27)28)21(18-4-3-5-19(26)12-18)17-8-6-16(13-23)7-9-17/h3-9,12,21,26H,10-11,14-15H2,1-2H3,(H,27,28)/t21-/m1/s1. The monoisotopic (exact) mass is 379 g/mol. The minimum absolute atomic E-state index is 0.0223. The number of nitriles is 1. The van der Waals surface area contributed by atoms with Gasteiger partial charge in [0.05, 0.1) is 24.2 Å². The quantitative estimate of drug-likeness (QED) is 0.831. The van der Waals surface area contributed by atoms with Crippen LogP contribution in [0.3, 0.4) is 0 Å². The summed E-state index contributed by atoms with van der Waals surface area (Å²) in [4.78, 5) is 15.5. The molecule has 0 bridgehead atoms. The van der Waals surface area contributed by atoms with Crippen LogP contribution in [0.5, 0.6) is 5.75 Å². The lowest BCUT2D eigenvalue weighted by atomic mass is 9.91. The number of aromatic hydroxyl groups is 1. The lowest BCUT2D eigenvalue weighted by molar-refractivity contribution is -0.141. The number of benzene rings is 2. The van der Waals surface area contributed by atoms with E-state index in [9.17, 15) is 15.0 Å². The van der Waals surface area contributed by atoms with Crippen LogP contribution in [-0.2, 0) is 4.79 Å². The van der Waals surface area contributed by atoms with Crippen molar-refractivity contribution in [3.05, 3.63) is 65.2 Å². The van der Waals surface area contributed by atoms with E-state index in [2.05, 4.69) is 24.8 Å². The number of phenolic OH excluding ortho intramolecular Hbond substituents is 1. The summed E-state index contributed by atoms with van der Waals surface area (Å²) in [6.45, 7) is 6.16. The van der Waals surface area contributed by atoms with Crippen LogP contribution in [0.15, 0.2) is 48.5 Å². The zero-order chi connectivity index (χ0) is 20.3. The smallest absolute Gasteiger partial charge is 0.317 e. The van der Waals surface area contributed by atoms with Crippen molar-refractivity contribution in [1.29, 1.82) is 5.26 Å². The normalized spacial score (nSPS) is 18.3. The first-order valence-electron chi connectivity index (χ1n) is 9.30. The summed E-state index contributed by atoms with van der Waals surface area (Å²) in [5.74, 6) is -0.613. The molecule has 0 aromatic heterocycles.